The number of ether oxygens (including phenoxy) is 1. The van der Waals surface area contributed by atoms with Crippen molar-refractivity contribution in [2.45, 2.75) is 30.3 Å². The highest BCUT2D eigenvalue weighted by molar-refractivity contribution is 7.89. The Balaban J connectivity index is 2.28. The third-order valence-electron chi connectivity index (χ3n) is 3.49. The fourth-order valence-electron chi connectivity index (χ4n) is 2.18. The van der Waals surface area contributed by atoms with E-state index in [0.717, 1.165) is 0 Å². The van der Waals surface area contributed by atoms with E-state index >= 15 is 0 Å². The Morgan fingerprint density at radius 1 is 1.26 bits per heavy atom. The molecule has 0 atom stereocenters. The molecule has 6 heteroatoms. The number of sulfonamides is 1. The van der Waals surface area contributed by atoms with Crippen LogP contribution in [0.4, 0.5) is 0 Å². The summed E-state index contributed by atoms with van der Waals surface area (Å²) in [5.74, 6) is 0.347. The third kappa shape index (κ3) is 2.91. The number of methoxy groups -OCH3 is 1. The van der Waals surface area contributed by atoms with Crippen molar-refractivity contribution in [1.29, 1.82) is 0 Å². The van der Waals surface area contributed by atoms with Crippen LogP contribution in [0.3, 0.4) is 0 Å². The molecule has 1 fully saturated rings. The van der Waals surface area contributed by atoms with Crippen LogP contribution in [-0.4, -0.2) is 43.6 Å². The Bertz CT molecular complexity index is 544. The number of piperidine rings is 1. The lowest BCUT2D eigenvalue weighted by atomic mass is 9.95. The number of rotatable bonds is 3. The van der Waals surface area contributed by atoms with Crippen LogP contribution in [-0.2, 0) is 10.0 Å². The van der Waals surface area contributed by atoms with Gasteiger partial charge in [0.2, 0.25) is 10.0 Å². The summed E-state index contributed by atoms with van der Waals surface area (Å²) in [6.45, 7) is 2.39. The Morgan fingerprint density at radius 3 is 2.42 bits per heavy atom. The highest BCUT2D eigenvalue weighted by atomic mass is 32.2. The van der Waals surface area contributed by atoms with Crippen molar-refractivity contribution in [1.82, 2.24) is 4.31 Å². The summed E-state index contributed by atoms with van der Waals surface area (Å²) < 4.78 is 31.6. The van der Waals surface area contributed by atoms with Crippen molar-refractivity contribution in [3.05, 3.63) is 24.3 Å². The molecule has 0 amide bonds. The maximum atomic E-state index is 12.5. The molecule has 1 saturated heterocycles. The zero-order valence-corrected chi connectivity index (χ0v) is 12.0. The zero-order chi connectivity index (χ0) is 14.1. The van der Waals surface area contributed by atoms with Gasteiger partial charge < -0.3 is 9.84 Å². The van der Waals surface area contributed by atoms with E-state index in [4.69, 9.17) is 4.74 Å². The summed E-state index contributed by atoms with van der Waals surface area (Å²) in [7, 11) is -2.10. The smallest absolute Gasteiger partial charge is 0.246 e. The van der Waals surface area contributed by atoms with Gasteiger partial charge >= 0.3 is 0 Å². The van der Waals surface area contributed by atoms with Crippen molar-refractivity contribution in [3.63, 3.8) is 0 Å². The molecule has 0 saturated carbocycles. The minimum absolute atomic E-state index is 0.180. The lowest BCUT2D eigenvalue weighted by Crippen LogP contribution is -2.45. The van der Waals surface area contributed by atoms with Crippen molar-refractivity contribution < 1.29 is 18.3 Å². The molecule has 0 aromatic heterocycles. The van der Waals surface area contributed by atoms with Gasteiger partial charge in [0.05, 0.1) is 12.7 Å². The first-order valence-electron chi connectivity index (χ1n) is 6.22. The third-order valence-corrected chi connectivity index (χ3v) is 5.42. The van der Waals surface area contributed by atoms with Crippen LogP contribution >= 0.6 is 0 Å². The largest absolute Gasteiger partial charge is 0.495 e. The van der Waals surface area contributed by atoms with E-state index in [1.807, 2.05) is 0 Å². The highest BCUT2D eigenvalue weighted by Crippen LogP contribution is 2.30. The minimum atomic E-state index is -3.56. The van der Waals surface area contributed by atoms with Gasteiger partial charge in [0.15, 0.2) is 0 Å². The summed E-state index contributed by atoms with van der Waals surface area (Å²) in [6.07, 6.45) is 0.892. The van der Waals surface area contributed by atoms with Crippen LogP contribution in [0.5, 0.6) is 5.75 Å². The van der Waals surface area contributed by atoms with Crippen LogP contribution < -0.4 is 4.74 Å². The fourth-order valence-corrected chi connectivity index (χ4v) is 3.78. The van der Waals surface area contributed by atoms with E-state index in [-0.39, 0.29) is 4.90 Å². The number of hydrogen-bond acceptors (Lipinski definition) is 4. The van der Waals surface area contributed by atoms with Crippen LogP contribution in [0.15, 0.2) is 29.2 Å². The van der Waals surface area contributed by atoms with Crippen molar-refractivity contribution >= 4 is 10.0 Å². The van der Waals surface area contributed by atoms with E-state index < -0.39 is 15.6 Å². The van der Waals surface area contributed by atoms with Gasteiger partial charge in [-0.1, -0.05) is 12.1 Å². The van der Waals surface area contributed by atoms with E-state index in [1.54, 1.807) is 31.2 Å². The molecule has 106 valence electrons. The number of benzene rings is 1. The summed E-state index contributed by atoms with van der Waals surface area (Å²) in [4.78, 5) is 0.180. The molecule has 2 rings (SSSR count). The molecule has 0 spiro atoms. The Hall–Kier alpha value is -1.11. The lowest BCUT2D eigenvalue weighted by molar-refractivity contribution is 0.0126. The molecule has 0 radical (unpaired) electrons. The van der Waals surface area contributed by atoms with Gasteiger partial charge in [-0.15, -0.1) is 0 Å². The average Bonchev–Trinajstić information content (AvgIpc) is 2.38. The zero-order valence-electron chi connectivity index (χ0n) is 11.2. The molecule has 5 nitrogen and oxygen atoms in total. The van der Waals surface area contributed by atoms with Crippen LogP contribution in [0, 0.1) is 0 Å². The monoisotopic (exact) mass is 285 g/mol. The second kappa shape index (κ2) is 5.11. The number of para-hydroxylation sites is 1. The maximum Gasteiger partial charge on any atom is 0.246 e. The lowest BCUT2D eigenvalue weighted by Gasteiger charge is -2.35. The number of hydrogen-bond donors (Lipinski definition) is 1. The topological polar surface area (TPSA) is 66.8 Å². The number of nitrogens with zero attached hydrogens (tertiary/aromatic N) is 1. The molecule has 0 aliphatic carbocycles. The summed E-state index contributed by atoms with van der Waals surface area (Å²) >= 11 is 0. The second-order valence-electron chi connectivity index (χ2n) is 5.05. The first-order valence-corrected chi connectivity index (χ1v) is 7.66. The van der Waals surface area contributed by atoms with E-state index in [1.165, 1.54) is 11.4 Å². The molecule has 19 heavy (non-hydrogen) atoms. The van der Waals surface area contributed by atoms with Gasteiger partial charge in [-0.2, -0.15) is 4.31 Å². The standard InChI is InChI=1S/C13H19NO4S/c1-13(15)7-9-14(10-8-13)19(16,17)12-6-4-3-5-11(12)18-2/h3-6,15H,7-10H2,1-2H3. The molecule has 1 aromatic rings. The second-order valence-corrected chi connectivity index (χ2v) is 6.96. The van der Waals surface area contributed by atoms with Gasteiger partial charge in [0.25, 0.3) is 0 Å². The fraction of sp³-hybridized carbons (Fsp3) is 0.538. The van der Waals surface area contributed by atoms with Crippen molar-refractivity contribution in [2.75, 3.05) is 20.2 Å². The first kappa shape index (κ1) is 14.3. The summed E-state index contributed by atoms with van der Waals surface area (Å²) in [6, 6.07) is 6.59. The molecule has 1 heterocycles. The maximum absolute atomic E-state index is 12.5. The van der Waals surface area contributed by atoms with E-state index in [0.29, 0.717) is 31.7 Å². The average molecular weight is 285 g/mol. The normalized spacial score (nSPS) is 20.2. The van der Waals surface area contributed by atoms with Gasteiger partial charge in [0.1, 0.15) is 10.6 Å². The van der Waals surface area contributed by atoms with Gasteiger partial charge in [-0.05, 0) is 31.9 Å². The van der Waals surface area contributed by atoms with Crippen LogP contribution in [0.1, 0.15) is 19.8 Å². The Labute approximate surface area is 113 Å². The molecular formula is C13H19NO4S. The van der Waals surface area contributed by atoms with Gasteiger partial charge in [0, 0.05) is 13.1 Å². The predicted octanol–water partition coefficient (Wildman–Crippen LogP) is 1.23. The van der Waals surface area contributed by atoms with E-state index in [2.05, 4.69) is 0 Å². The predicted molar refractivity (Wildman–Crippen MR) is 71.6 cm³/mol. The van der Waals surface area contributed by atoms with Crippen LogP contribution in [0.25, 0.3) is 0 Å². The van der Waals surface area contributed by atoms with Crippen molar-refractivity contribution in [3.8, 4) is 5.75 Å². The molecule has 1 N–H and O–H groups in total. The minimum Gasteiger partial charge on any atom is -0.495 e. The Kier molecular flexibility index (Phi) is 3.85. The van der Waals surface area contributed by atoms with Crippen LogP contribution in [0.2, 0.25) is 0 Å². The molecule has 0 unspecified atom stereocenters. The number of aliphatic hydroxyl groups is 1. The van der Waals surface area contributed by atoms with Crippen molar-refractivity contribution in [2.24, 2.45) is 0 Å². The Morgan fingerprint density at radius 2 is 1.84 bits per heavy atom. The highest BCUT2D eigenvalue weighted by Gasteiger charge is 2.35. The van der Waals surface area contributed by atoms with Gasteiger partial charge in [-0.25, -0.2) is 8.42 Å². The molecule has 1 aliphatic heterocycles. The molecule has 1 aliphatic rings. The molecular weight excluding hydrogens is 266 g/mol. The van der Waals surface area contributed by atoms with E-state index in [9.17, 15) is 13.5 Å². The van der Waals surface area contributed by atoms with Gasteiger partial charge in [-0.3, -0.25) is 0 Å². The summed E-state index contributed by atoms with van der Waals surface area (Å²) in [5.41, 5.74) is -0.771. The summed E-state index contributed by atoms with van der Waals surface area (Å²) in [5, 5.41) is 9.88. The quantitative estimate of drug-likeness (QED) is 0.907. The first-order chi connectivity index (χ1) is 8.87. The molecule has 1 aromatic carbocycles. The SMILES string of the molecule is COc1ccccc1S(=O)(=O)N1CCC(C)(O)CC1. The molecule has 0 bridgehead atoms.